The van der Waals surface area contributed by atoms with Gasteiger partial charge in [-0.25, -0.2) is 0 Å². The second-order valence-corrected chi connectivity index (χ2v) is 6.32. The van der Waals surface area contributed by atoms with Gasteiger partial charge in [-0.05, 0) is 44.4 Å². The summed E-state index contributed by atoms with van der Waals surface area (Å²) in [5, 5.41) is 3.61. The van der Waals surface area contributed by atoms with Gasteiger partial charge in [-0.3, -0.25) is 10.1 Å². The van der Waals surface area contributed by atoms with Gasteiger partial charge in [-0.2, -0.15) is 0 Å². The normalized spacial score (nSPS) is 39.3. The predicted octanol–water partition coefficient (Wildman–Crippen LogP) is 2.27. The van der Waals surface area contributed by atoms with Crippen molar-refractivity contribution in [2.24, 2.45) is 5.92 Å². The molecular formula is C14H24N2O. The summed E-state index contributed by atoms with van der Waals surface area (Å²) in [6, 6.07) is 0.515. The molecule has 3 nitrogen and oxygen atoms in total. The molecule has 3 aliphatic rings. The maximum atomic E-state index is 12.5. The number of hydrogen-bond donors (Lipinski definition) is 1. The van der Waals surface area contributed by atoms with Crippen LogP contribution in [-0.2, 0) is 4.79 Å². The Morgan fingerprint density at radius 2 is 2.18 bits per heavy atom. The average molecular weight is 236 g/mol. The number of nitrogens with one attached hydrogen (secondary N) is 1. The van der Waals surface area contributed by atoms with E-state index in [0.717, 1.165) is 31.6 Å². The molecule has 0 aromatic carbocycles. The number of amides is 1. The second kappa shape index (κ2) is 3.98. The highest BCUT2D eigenvalue weighted by Crippen LogP contribution is 2.45. The molecule has 0 bridgehead atoms. The summed E-state index contributed by atoms with van der Waals surface area (Å²) in [5.74, 6) is 1.21. The van der Waals surface area contributed by atoms with Crippen LogP contribution in [0.25, 0.3) is 0 Å². The van der Waals surface area contributed by atoms with Crippen molar-refractivity contribution in [3.05, 3.63) is 0 Å². The fourth-order valence-corrected chi connectivity index (χ4v) is 3.66. The number of carbonyl (C=O) groups is 1. The lowest BCUT2D eigenvalue weighted by atomic mass is 10.1. The van der Waals surface area contributed by atoms with E-state index in [1.54, 1.807) is 0 Å². The van der Waals surface area contributed by atoms with Crippen molar-refractivity contribution in [3.63, 3.8) is 0 Å². The van der Waals surface area contributed by atoms with E-state index in [2.05, 4.69) is 24.1 Å². The van der Waals surface area contributed by atoms with Crippen molar-refractivity contribution in [2.75, 3.05) is 0 Å². The summed E-state index contributed by atoms with van der Waals surface area (Å²) in [4.78, 5) is 14.8. The lowest BCUT2D eigenvalue weighted by Crippen LogP contribution is -2.43. The van der Waals surface area contributed by atoms with Crippen LogP contribution in [-0.4, -0.2) is 28.6 Å². The molecule has 3 fully saturated rings. The van der Waals surface area contributed by atoms with Gasteiger partial charge in [-0.15, -0.1) is 0 Å². The van der Waals surface area contributed by atoms with Crippen LogP contribution >= 0.6 is 0 Å². The zero-order valence-corrected chi connectivity index (χ0v) is 11.0. The fraction of sp³-hybridized carbons (Fsp3) is 0.929. The number of rotatable bonds is 3. The number of nitrogens with zero attached hydrogens (tertiary/aromatic N) is 1. The van der Waals surface area contributed by atoms with E-state index in [-0.39, 0.29) is 5.54 Å². The van der Waals surface area contributed by atoms with Gasteiger partial charge >= 0.3 is 0 Å². The van der Waals surface area contributed by atoms with Crippen molar-refractivity contribution in [2.45, 2.75) is 76.5 Å². The maximum absolute atomic E-state index is 12.5. The molecule has 1 aliphatic heterocycles. The summed E-state index contributed by atoms with van der Waals surface area (Å²) in [6.07, 6.45) is 8.42. The molecule has 0 aromatic heterocycles. The highest BCUT2D eigenvalue weighted by molar-refractivity contribution is 5.92. The first-order valence-electron chi connectivity index (χ1n) is 7.27. The van der Waals surface area contributed by atoms with E-state index in [1.807, 2.05) is 0 Å². The zero-order valence-electron chi connectivity index (χ0n) is 11.0. The van der Waals surface area contributed by atoms with Gasteiger partial charge in [0.05, 0.1) is 11.7 Å². The van der Waals surface area contributed by atoms with Crippen LogP contribution in [0, 0.1) is 5.92 Å². The third-order valence-electron chi connectivity index (χ3n) is 4.80. The zero-order chi connectivity index (χ0) is 12.0. The molecule has 1 N–H and O–H groups in total. The van der Waals surface area contributed by atoms with Gasteiger partial charge < -0.3 is 4.90 Å². The Kier molecular flexibility index (Phi) is 2.69. The van der Waals surface area contributed by atoms with Crippen LogP contribution in [0.1, 0.15) is 58.8 Å². The van der Waals surface area contributed by atoms with E-state index in [4.69, 9.17) is 0 Å². The predicted molar refractivity (Wildman–Crippen MR) is 67.4 cm³/mol. The van der Waals surface area contributed by atoms with Gasteiger partial charge in [0.25, 0.3) is 0 Å². The molecule has 2 saturated carbocycles. The van der Waals surface area contributed by atoms with Crippen molar-refractivity contribution in [3.8, 4) is 0 Å². The topological polar surface area (TPSA) is 32.3 Å². The molecule has 17 heavy (non-hydrogen) atoms. The first-order valence-corrected chi connectivity index (χ1v) is 7.27. The van der Waals surface area contributed by atoms with Crippen molar-refractivity contribution in [1.29, 1.82) is 0 Å². The number of hydrogen-bond acceptors (Lipinski definition) is 2. The molecule has 3 heteroatoms. The van der Waals surface area contributed by atoms with Gasteiger partial charge in [0.1, 0.15) is 0 Å². The molecule has 96 valence electrons. The van der Waals surface area contributed by atoms with Gasteiger partial charge in [-0.1, -0.05) is 20.3 Å². The standard InChI is InChI=1S/C14H24N2O/c1-3-4-12-15-14(7-8-14)13(17)16(12)11-6-5-10(2)9-11/h10-12,15H,3-9H2,1-2H3. The molecule has 1 saturated heterocycles. The lowest BCUT2D eigenvalue weighted by molar-refractivity contribution is -0.133. The van der Waals surface area contributed by atoms with Crippen LogP contribution in [0.15, 0.2) is 0 Å². The van der Waals surface area contributed by atoms with E-state index >= 15 is 0 Å². The summed E-state index contributed by atoms with van der Waals surface area (Å²) >= 11 is 0. The van der Waals surface area contributed by atoms with Gasteiger partial charge in [0.2, 0.25) is 5.91 Å². The van der Waals surface area contributed by atoms with E-state index < -0.39 is 0 Å². The minimum absolute atomic E-state index is 0.119. The van der Waals surface area contributed by atoms with Crippen LogP contribution < -0.4 is 5.32 Å². The molecule has 0 aromatic rings. The van der Waals surface area contributed by atoms with Crippen molar-refractivity contribution < 1.29 is 4.79 Å². The van der Waals surface area contributed by atoms with E-state index in [1.165, 1.54) is 19.3 Å². The van der Waals surface area contributed by atoms with Gasteiger partial charge in [0.15, 0.2) is 0 Å². The molecule has 3 unspecified atom stereocenters. The summed E-state index contributed by atoms with van der Waals surface area (Å²) < 4.78 is 0. The lowest BCUT2D eigenvalue weighted by Gasteiger charge is -2.30. The fourth-order valence-electron chi connectivity index (χ4n) is 3.66. The Morgan fingerprint density at radius 1 is 1.41 bits per heavy atom. The Morgan fingerprint density at radius 3 is 2.71 bits per heavy atom. The average Bonchev–Trinajstić information content (AvgIpc) is 2.87. The molecule has 1 heterocycles. The van der Waals surface area contributed by atoms with Crippen LogP contribution in [0.2, 0.25) is 0 Å². The molecule has 3 rings (SSSR count). The number of carbonyl (C=O) groups excluding carboxylic acids is 1. The van der Waals surface area contributed by atoms with E-state index in [0.29, 0.717) is 18.1 Å². The quantitative estimate of drug-likeness (QED) is 0.815. The first kappa shape index (κ1) is 11.5. The third-order valence-corrected chi connectivity index (χ3v) is 4.80. The highest BCUT2D eigenvalue weighted by atomic mass is 16.2. The minimum atomic E-state index is -0.119. The first-order chi connectivity index (χ1) is 8.16. The monoisotopic (exact) mass is 236 g/mol. The Labute approximate surface area is 104 Å². The second-order valence-electron chi connectivity index (χ2n) is 6.32. The summed E-state index contributed by atoms with van der Waals surface area (Å²) in [5.41, 5.74) is -0.119. The van der Waals surface area contributed by atoms with E-state index in [9.17, 15) is 4.79 Å². The Bertz CT molecular complexity index is 324. The SMILES string of the molecule is CCCC1NC2(CC2)C(=O)N1C1CCC(C)C1. The van der Waals surface area contributed by atoms with Crippen LogP contribution in [0.5, 0.6) is 0 Å². The van der Waals surface area contributed by atoms with Crippen molar-refractivity contribution in [1.82, 2.24) is 10.2 Å². The summed E-state index contributed by atoms with van der Waals surface area (Å²) in [6.45, 7) is 4.52. The third kappa shape index (κ3) is 1.79. The molecule has 1 amide bonds. The summed E-state index contributed by atoms with van der Waals surface area (Å²) in [7, 11) is 0. The maximum Gasteiger partial charge on any atom is 0.244 e. The smallest absolute Gasteiger partial charge is 0.244 e. The molecule has 3 atom stereocenters. The largest absolute Gasteiger partial charge is 0.323 e. The Balaban J connectivity index is 1.77. The Hall–Kier alpha value is -0.570. The van der Waals surface area contributed by atoms with Crippen LogP contribution in [0.4, 0.5) is 0 Å². The molecular weight excluding hydrogens is 212 g/mol. The van der Waals surface area contributed by atoms with Crippen LogP contribution in [0.3, 0.4) is 0 Å². The van der Waals surface area contributed by atoms with Gasteiger partial charge in [0, 0.05) is 6.04 Å². The van der Waals surface area contributed by atoms with Crippen molar-refractivity contribution >= 4 is 5.91 Å². The highest BCUT2D eigenvalue weighted by Gasteiger charge is 2.60. The minimum Gasteiger partial charge on any atom is -0.323 e. The molecule has 0 radical (unpaired) electrons. The molecule has 1 spiro atoms. The molecule has 2 aliphatic carbocycles.